The van der Waals surface area contributed by atoms with E-state index in [-0.39, 0.29) is 18.4 Å². The first-order chi connectivity index (χ1) is 13.7. The number of morpholine rings is 1. The molecule has 1 aliphatic rings. The van der Waals surface area contributed by atoms with E-state index in [1.807, 2.05) is 30.3 Å². The highest BCUT2D eigenvalue weighted by atomic mass is 35.5. The summed E-state index contributed by atoms with van der Waals surface area (Å²) in [5.74, 6) is 0. The topological polar surface area (TPSA) is 66.5 Å². The van der Waals surface area contributed by atoms with E-state index in [1.54, 1.807) is 12.3 Å². The molecule has 0 spiro atoms. The van der Waals surface area contributed by atoms with E-state index >= 15 is 0 Å². The molecular formula is C21H22Cl2N4O2. The van der Waals surface area contributed by atoms with Gasteiger partial charge in [0.05, 0.1) is 18.9 Å². The smallest absolute Gasteiger partial charge is 0.319 e. The number of fused-ring (bicyclic) bond motifs is 1. The largest absolute Gasteiger partial charge is 0.378 e. The maximum atomic E-state index is 12.3. The predicted molar refractivity (Wildman–Crippen MR) is 119 cm³/mol. The average Bonchev–Trinajstić information content (AvgIpc) is 2.74. The average molecular weight is 433 g/mol. The SMILES string of the molecule is Cl.O=C(NCc1ccc(N2CCOCC2)cc1)Nc1cccc2cnc(Cl)cc12. The monoisotopic (exact) mass is 432 g/mol. The Morgan fingerprint density at radius 3 is 2.66 bits per heavy atom. The number of nitrogens with one attached hydrogen (secondary N) is 2. The lowest BCUT2D eigenvalue weighted by Gasteiger charge is -2.28. The van der Waals surface area contributed by atoms with Gasteiger partial charge in [0.2, 0.25) is 0 Å². The molecule has 1 aromatic heterocycles. The van der Waals surface area contributed by atoms with E-state index in [2.05, 4.69) is 32.7 Å². The zero-order chi connectivity index (χ0) is 19.3. The van der Waals surface area contributed by atoms with Crippen LogP contribution in [0.15, 0.2) is 54.7 Å². The summed E-state index contributed by atoms with van der Waals surface area (Å²) in [5, 5.41) is 7.94. The Labute approximate surface area is 180 Å². The molecule has 0 radical (unpaired) electrons. The number of hydrogen-bond donors (Lipinski definition) is 2. The molecule has 1 aliphatic heterocycles. The van der Waals surface area contributed by atoms with E-state index in [0.29, 0.717) is 17.4 Å². The number of benzene rings is 2. The first-order valence-corrected chi connectivity index (χ1v) is 9.57. The Bertz CT molecular complexity index is 976. The third kappa shape index (κ3) is 5.29. The summed E-state index contributed by atoms with van der Waals surface area (Å²) in [7, 11) is 0. The first kappa shape index (κ1) is 21.2. The Hall–Kier alpha value is -2.54. The summed E-state index contributed by atoms with van der Waals surface area (Å²) in [5.41, 5.74) is 2.91. The van der Waals surface area contributed by atoms with Crippen LogP contribution in [0.5, 0.6) is 0 Å². The van der Waals surface area contributed by atoms with Gasteiger partial charge in [0.1, 0.15) is 5.15 Å². The van der Waals surface area contributed by atoms with Crippen molar-refractivity contribution in [3.05, 3.63) is 65.4 Å². The standard InChI is InChI=1S/C21H21ClN4O2.ClH/c22-20-12-18-16(14-23-20)2-1-3-19(18)25-21(27)24-13-15-4-6-17(7-5-15)26-8-10-28-11-9-26;/h1-7,12,14H,8-11,13H2,(H2,24,25,27);1H. The minimum atomic E-state index is -0.266. The van der Waals surface area contributed by atoms with Crippen molar-refractivity contribution >= 4 is 52.2 Å². The minimum absolute atomic E-state index is 0. The molecule has 2 amide bonds. The highest BCUT2D eigenvalue weighted by Crippen LogP contribution is 2.25. The zero-order valence-corrected chi connectivity index (χ0v) is 17.3. The van der Waals surface area contributed by atoms with Crippen molar-refractivity contribution in [3.63, 3.8) is 0 Å². The number of aromatic nitrogens is 1. The van der Waals surface area contributed by atoms with Crippen LogP contribution in [0.25, 0.3) is 10.8 Å². The number of amides is 2. The second kappa shape index (κ2) is 9.78. The van der Waals surface area contributed by atoms with E-state index in [9.17, 15) is 4.79 Å². The highest BCUT2D eigenvalue weighted by Gasteiger charge is 2.11. The molecule has 0 unspecified atom stereocenters. The normalized spacial score (nSPS) is 13.6. The van der Waals surface area contributed by atoms with Gasteiger partial charge in [-0.15, -0.1) is 12.4 Å². The molecular weight excluding hydrogens is 411 g/mol. The van der Waals surface area contributed by atoms with Crippen LogP contribution in [0.1, 0.15) is 5.56 Å². The van der Waals surface area contributed by atoms with E-state index in [4.69, 9.17) is 16.3 Å². The van der Waals surface area contributed by atoms with Crippen LogP contribution in [0.4, 0.5) is 16.2 Å². The maximum Gasteiger partial charge on any atom is 0.319 e. The van der Waals surface area contributed by atoms with Crippen LogP contribution >= 0.6 is 24.0 Å². The lowest BCUT2D eigenvalue weighted by Crippen LogP contribution is -2.36. The Kier molecular flexibility index (Phi) is 7.14. The molecule has 2 heterocycles. The molecule has 0 atom stereocenters. The molecule has 3 aromatic rings. The Morgan fingerprint density at radius 1 is 1.14 bits per heavy atom. The molecule has 152 valence electrons. The molecule has 0 saturated carbocycles. The van der Waals surface area contributed by atoms with Gasteiger partial charge in [-0.2, -0.15) is 0 Å². The van der Waals surface area contributed by atoms with Crippen molar-refractivity contribution in [3.8, 4) is 0 Å². The van der Waals surface area contributed by atoms with Crippen molar-refractivity contribution < 1.29 is 9.53 Å². The number of halogens is 2. The number of anilines is 2. The second-order valence-electron chi connectivity index (χ2n) is 6.61. The summed E-state index contributed by atoms with van der Waals surface area (Å²) in [4.78, 5) is 18.7. The first-order valence-electron chi connectivity index (χ1n) is 9.20. The lowest BCUT2D eigenvalue weighted by atomic mass is 10.1. The third-order valence-electron chi connectivity index (χ3n) is 4.74. The van der Waals surface area contributed by atoms with Gasteiger partial charge < -0.3 is 20.3 Å². The fourth-order valence-electron chi connectivity index (χ4n) is 3.25. The van der Waals surface area contributed by atoms with Gasteiger partial charge in [-0.05, 0) is 29.8 Å². The predicted octanol–water partition coefficient (Wildman–Crippen LogP) is 4.47. The highest BCUT2D eigenvalue weighted by molar-refractivity contribution is 6.30. The van der Waals surface area contributed by atoms with Crippen molar-refractivity contribution in [2.45, 2.75) is 6.54 Å². The third-order valence-corrected chi connectivity index (χ3v) is 4.95. The fourth-order valence-corrected chi connectivity index (χ4v) is 3.41. The molecule has 2 N–H and O–H groups in total. The van der Waals surface area contributed by atoms with Crippen molar-refractivity contribution in [2.24, 2.45) is 0 Å². The summed E-state index contributed by atoms with van der Waals surface area (Å²) in [6.45, 7) is 3.79. The maximum absolute atomic E-state index is 12.3. The van der Waals surface area contributed by atoms with Crippen LogP contribution in [0.3, 0.4) is 0 Å². The van der Waals surface area contributed by atoms with Crippen LogP contribution in [-0.2, 0) is 11.3 Å². The molecule has 8 heteroatoms. The molecule has 1 saturated heterocycles. The van der Waals surface area contributed by atoms with Crippen molar-refractivity contribution in [1.29, 1.82) is 0 Å². The molecule has 6 nitrogen and oxygen atoms in total. The van der Waals surface area contributed by atoms with Gasteiger partial charge >= 0.3 is 6.03 Å². The zero-order valence-electron chi connectivity index (χ0n) is 15.7. The van der Waals surface area contributed by atoms with Crippen LogP contribution in [0, 0.1) is 0 Å². The van der Waals surface area contributed by atoms with Crippen molar-refractivity contribution in [2.75, 3.05) is 36.5 Å². The number of carbonyl (C=O) groups is 1. The molecule has 0 aliphatic carbocycles. The van der Waals surface area contributed by atoms with Gasteiger partial charge in [0.15, 0.2) is 0 Å². The van der Waals surface area contributed by atoms with Gasteiger partial charge in [0, 0.05) is 42.3 Å². The van der Waals surface area contributed by atoms with E-state index in [1.165, 1.54) is 5.69 Å². The van der Waals surface area contributed by atoms with Gasteiger partial charge in [-0.1, -0.05) is 35.9 Å². The minimum Gasteiger partial charge on any atom is -0.378 e. The number of ether oxygens (including phenoxy) is 1. The summed E-state index contributed by atoms with van der Waals surface area (Å²) >= 11 is 5.99. The van der Waals surface area contributed by atoms with E-state index in [0.717, 1.165) is 42.6 Å². The number of rotatable bonds is 4. The summed E-state index contributed by atoms with van der Waals surface area (Å²) in [6, 6.07) is 15.4. The number of urea groups is 1. The van der Waals surface area contributed by atoms with Crippen LogP contribution < -0.4 is 15.5 Å². The number of pyridine rings is 1. The summed E-state index contributed by atoms with van der Waals surface area (Å²) in [6.07, 6.45) is 1.69. The summed E-state index contributed by atoms with van der Waals surface area (Å²) < 4.78 is 5.39. The molecule has 29 heavy (non-hydrogen) atoms. The molecule has 1 fully saturated rings. The number of nitrogens with zero attached hydrogens (tertiary/aromatic N) is 2. The molecule has 0 bridgehead atoms. The molecule has 4 rings (SSSR count). The Morgan fingerprint density at radius 2 is 1.90 bits per heavy atom. The second-order valence-corrected chi connectivity index (χ2v) is 6.99. The quantitative estimate of drug-likeness (QED) is 0.596. The molecule has 2 aromatic carbocycles. The number of carbonyl (C=O) groups excluding carboxylic acids is 1. The van der Waals surface area contributed by atoms with Gasteiger partial charge in [-0.3, -0.25) is 0 Å². The fraction of sp³-hybridized carbons (Fsp3) is 0.238. The number of hydrogen-bond acceptors (Lipinski definition) is 4. The van der Waals surface area contributed by atoms with Gasteiger partial charge in [0.25, 0.3) is 0 Å². The van der Waals surface area contributed by atoms with Crippen molar-refractivity contribution in [1.82, 2.24) is 10.3 Å². The van der Waals surface area contributed by atoms with E-state index < -0.39 is 0 Å². The van der Waals surface area contributed by atoms with Crippen LogP contribution in [0.2, 0.25) is 5.15 Å². The lowest BCUT2D eigenvalue weighted by molar-refractivity contribution is 0.122. The Balaban J connectivity index is 0.00000240. The van der Waals surface area contributed by atoms with Gasteiger partial charge in [-0.25, -0.2) is 9.78 Å². The van der Waals surface area contributed by atoms with Crippen LogP contribution in [-0.4, -0.2) is 37.3 Å².